The van der Waals surface area contributed by atoms with E-state index in [1.54, 1.807) is 25.1 Å². The van der Waals surface area contributed by atoms with Crippen molar-refractivity contribution in [3.8, 4) is 23.0 Å². The van der Waals surface area contributed by atoms with Crippen molar-refractivity contribution < 1.29 is 36.7 Å². The van der Waals surface area contributed by atoms with Crippen molar-refractivity contribution in [1.29, 1.82) is 0 Å². The van der Waals surface area contributed by atoms with Gasteiger partial charge >= 0.3 is 10.1 Å². The number of carbonyl (C=O) groups is 1. The lowest BCUT2D eigenvalue weighted by molar-refractivity contribution is -0.00609. The van der Waals surface area contributed by atoms with Gasteiger partial charge in [-0.2, -0.15) is 8.42 Å². The number of ketones is 1. The van der Waals surface area contributed by atoms with Crippen molar-refractivity contribution >= 4 is 22.0 Å². The molecule has 1 atom stereocenters. The van der Waals surface area contributed by atoms with Crippen molar-refractivity contribution in [2.24, 2.45) is 0 Å². The molecule has 0 aromatic heterocycles. The maximum absolute atomic E-state index is 13.8. The van der Waals surface area contributed by atoms with Gasteiger partial charge in [-0.25, -0.2) is 0 Å². The second kappa shape index (κ2) is 9.18. The Hall–Kier alpha value is -3.82. The first-order valence-corrected chi connectivity index (χ1v) is 13.6. The lowest BCUT2D eigenvalue weighted by Crippen LogP contribution is -2.45. The number of benzene rings is 3. The van der Waals surface area contributed by atoms with Gasteiger partial charge in [-0.05, 0) is 76.2 Å². The van der Waals surface area contributed by atoms with Crippen LogP contribution in [0.5, 0.6) is 23.0 Å². The monoisotopic (exact) mass is 536 g/mol. The highest BCUT2D eigenvalue weighted by Crippen LogP contribution is 2.46. The van der Waals surface area contributed by atoms with Crippen molar-refractivity contribution in [2.45, 2.75) is 43.8 Å². The molecule has 9 heteroatoms. The third-order valence-electron chi connectivity index (χ3n) is 6.44. The summed E-state index contributed by atoms with van der Waals surface area (Å²) in [6, 6.07) is 13.6. The van der Waals surface area contributed by atoms with E-state index < -0.39 is 33.7 Å². The third kappa shape index (κ3) is 4.52. The highest BCUT2D eigenvalue weighted by molar-refractivity contribution is 7.87. The van der Waals surface area contributed by atoms with Gasteiger partial charge < -0.3 is 23.5 Å². The van der Waals surface area contributed by atoms with E-state index in [9.17, 15) is 18.3 Å². The summed E-state index contributed by atoms with van der Waals surface area (Å²) in [5.41, 5.74) is -1.17. The van der Waals surface area contributed by atoms with Crippen LogP contribution in [0.1, 0.15) is 47.8 Å². The number of carbonyl (C=O) groups excluding carboxylic acids is 1. The van der Waals surface area contributed by atoms with Crippen LogP contribution < -0.4 is 18.4 Å². The van der Waals surface area contributed by atoms with Crippen molar-refractivity contribution in [1.82, 2.24) is 0 Å². The van der Waals surface area contributed by atoms with Gasteiger partial charge in [0.15, 0.2) is 11.4 Å². The number of hydrogen-bond acceptors (Lipinski definition) is 8. The van der Waals surface area contributed by atoms with Gasteiger partial charge in [0.2, 0.25) is 5.78 Å². The Balaban J connectivity index is 1.57. The predicted molar refractivity (Wildman–Crippen MR) is 141 cm³/mol. The topological polar surface area (TPSA) is 108 Å². The number of ether oxygens (including phenoxy) is 3. The summed E-state index contributed by atoms with van der Waals surface area (Å²) in [4.78, 5) is 13.7. The third-order valence-corrected chi connectivity index (χ3v) is 7.69. The second-order valence-corrected chi connectivity index (χ2v) is 11.4. The minimum absolute atomic E-state index is 0.0575. The van der Waals surface area contributed by atoms with E-state index in [0.29, 0.717) is 29.4 Å². The van der Waals surface area contributed by atoms with Crippen molar-refractivity contribution in [3.05, 3.63) is 82.9 Å². The summed E-state index contributed by atoms with van der Waals surface area (Å²) >= 11 is 0. The zero-order valence-electron chi connectivity index (χ0n) is 21.5. The number of fused-ring (bicyclic) bond motifs is 3. The quantitative estimate of drug-likeness (QED) is 0.447. The maximum Gasteiger partial charge on any atom is 0.339 e. The van der Waals surface area contributed by atoms with Crippen LogP contribution in [0.4, 0.5) is 0 Å². The van der Waals surface area contributed by atoms with Crippen LogP contribution in [-0.2, 0) is 15.7 Å². The van der Waals surface area contributed by atoms with E-state index >= 15 is 0 Å². The molecule has 0 saturated heterocycles. The van der Waals surface area contributed by atoms with Gasteiger partial charge in [0.05, 0.1) is 17.7 Å². The normalized spacial score (nSPS) is 19.6. The largest absolute Gasteiger partial charge is 0.494 e. The lowest BCUT2D eigenvalue weighted by atomic mass is 9.83. The molecule has 0 fully saturated rings. The molecule has 0 radical (unpaired) electrons. The van der Waals surface area contributed by atoms with Crippen LogP contribution >= 0.6 is 0 Å². The molecule has 3 aromatic rings. The van der Waals surface area contributed by atoms with Crippen LogP contribution in [0.15, 0.2) is 65.6 Å². The Kier molecular flexibility index (Phi) is 6.24. The Morgan fingerprint density at radius 3 is 2.50 bits per heavy atom. The van der Waals surface area contributed by atoms with Crippen molar-refractivity contribution in [3.63, 3.8) is 0 Å². The highest BCUT2D eigenvalue weighted by atomic mass is 32.2. The molecule has 0 spiro atoms. The molecular weight excluding hydrogens is 508 g/mol. The molecule has 1 N–H and O–H groups in total. The molecule has 0 aliphatic carbocycles. The molecular formula is C29H28O8S. The number of rotatable bonds is 6. The molecule has 198 valence electrons. The zero-order valence-corrected chi connectivity index (χ0v) is 22.3. The number of hydrogen-bond donors (Lipinski definition) is 1. The number of Topliss-reactive ketones (excluding diaryl/α,β-unsaturated/α-hetero) is 1. The van der Waals surface area contributed by atoms with Gasteiger partial charge in [0.25, 0.3) is 0 Å². The molecule has 38 heavy (non-hydrogen) atoms. The Morgan fingerprint density at radius 1 is 1.05 bits per heavy atom. The summed E-state index contributed by atoms with van der Waals surface area (Å²) in [6.45, 7) is 7.30. The van der Waals surface area contributed by atoms with Gasteiger partial charge in [-0.1, -0.05) is 17.7 Å². The standard InChI is InChI=1S/C29H28O8S/c1-5-34-19-8-12-23(25(16-19)37-38(32,33)20-9-6-18(2)7-10-20)29(31)17-35-26-21-14-15-28(3,4)36-24(21)13-11-22(26)27(29)30/h6-16,31H,5,17H2,1-4H3. The first-order valence-electron chi connectivity index (χ1n) is 12.2. The van der Waals surface area contributed by atoms with Crippen LogP contribution in [0.2, 0.25) is 0 Å². The highest BCUT2D eigenvalue weighted by Gasteiger charge is 2.47. The maximum atomic E-state index is 13.8. The summed E-state index contributed by atoms with van der Waals surface area (Å²) in [6.07, 6.45) is 3.69. The molecule has 1 unspecified atom stereocenters. The average Bonchev–Trinajstić information content (AvgIpc) is 2.86. The number of aryl methyl sites for hydroxylation is 1. The van der Waals surface area contributed by atoms with Gasteiger partial charge in [0.1, 0.15) is 34.4 Å². The van der Waals surface area contributed by atoms with Gasteiger partial charge in [-0.15, -0.1) is 0 Å². The molecule has 8 nitrogen and oxygen atoms in total. The summed E-state index contributed by atoms with van der Waals surface area (Å²) < 4.78 is 49.2. The zero-order chi connectivity index (χ0) is 27.3. The Bertz CT molecular complexity index is 1550. The van der Waals surface area contributed by atoms with Crippen molar-refractivity contribution in [2.75, 3.05) is 13.2 Å². The van der Waals surface area contributed by atoms with E-state index in [0.717, 1.165) is 5.56 Å². The predicted octanol–water partition coefficient (Wildman–Crippen LogP) is 4.81. The van der Waals surface area contributed by atoms with Crippen LogP contribution in [0, 0.1) is 6.92 Å². The van der Waals surface area contributed by atoms with Crippen LogP contribution in [0.25, 0.3) is 6.08 Å². The molecule has 2 aliphatic rings. The average molecular weight is 537 g/mol. The summed E-state index contributed by atoms with van der Waals surface area (Å²) in [7, 11) is -4.30. The molecule has 0 saturated carbocycles. The first-order chi connectivity index (χ1) is 17.9. The summed E-state index contributed by atoms with van der Waals surface area (Å²) in [5, 5.41) is 11.7. The fourth-order valence-electron chi connectivity index (χ4n) is 4.47. The Morgan fingerprint density at radius 2 is 1.79 bits per heavy atom. The number of aliphatic hydroxyl groups is 1. The van der Waals surface area contributed by atoms with E-state index in [1.807, 2.05) is 32.9 Å². The lowest BCUT2D eigenvalue weighted by Gasteiger charge is -2.35. The molecule has 0 bridgehead atoms. The van der Waals surface area contributed by atoms with Gasteiger partial charge in [-0.3, -0.25) is 4.79 Å². The van der Waals surface area contributed by atoms with E-state index in [1.165, 1.54) is 36.4 Å². The van der Waals surface area contributed by atoms with E-state index in [2.05, 4.69) is 0 Å². The minimum atomic E-state index is -4.30. The minimum Gasteiger partial charge on any atom is -0.494 e. The second-order valence-electron chi connectivity index (χ2n) is 9.81. The fourth-order valence-corrected chi connectivity index (χ4v) is 5.41. The smallest absolute Gasteiger partial charge is 0.339 e. The molecule has 3 aromatic carbocycles. The van der Waals surface area contributed by atoms with Gasteiger partial charge in [0, 0.05) is 11.6 Å². The first kappa shape index (κ1) is 25.8. The molecule has 2 aliphatic heterocycles. The molecule has 2 heterocycles. The van der Waals surface area contributed by atoms with Crippen LogP contribution in [0.3, 0.4) is 0 Å². The molecule has 0 amide bonds. The molecule has 5 rings (SSSR count). The SMILES string of the molecule is CCOc1ccc(C2(O)COc3c(ccc4c3C=CC(C)(C)O4)C2=O)c(OS(=O)(=O)c2ccc(C)cc2)c1. The summed E-state index contributed by atoms with van der Waals surface area (Å²) in [5.74, 6) is 0.287. The van der Waals surface area contributed by atoms with Crippen LogP contribution in [-0.4, -0.2) is 38.1 Å². The Labute approximate surface area is 221 Å². The van der Waals surface area contributed by atoms with E-state index in [-0.39, 0.29) is 21.8 Å². The van der Waals surface area contributed by atoms with E-state index in [4.69, 9.17) is 18.4 Å². The fraction of sp³-hybridized carbons (Fsp3) is 0.276.